The zero-order valence-electron chi connectivity index (χ0n) is 11.6. The van der Waals surface area contributed by atoms with E-state index in [1.165, 1.54) is 0 Å². The molecule has 1 aromatic carbocycles. The van der Waals surface area contributed by atoms with E-state index in [9.17, 15) is 13.9 Å². The maximum Gasteiger partial charge on any atom is 0.126 e. The van der Waals surface area contributed by atoms with Crippen LogP contribution in [0.3, 0.4) is 0 Å². The van der Waals surface area contributed by atoms with Gasteiger partial charge in [0, 0.05) is 13.0 Å². The van der Waals surface area contributed by atoms with Gasteiger partial charge >= 0.3 is 0 Å². The molecule has 3 nitrogen and oxygen atoms in total. The summed E-state index contributed by atoms with van der Waals surface area (Å²) in [5.41, 5.74) is 1.67. The predicted molar refractivity (Wildman–Crippen MR) is 72.3 cm³/mol. The minimum Gasteiger partial charge on any atom is -0.386 e. The third-order valence-electron chi connectivity index (χ3n) is 3.29. The fourth-order valence-corrected chi connectivity index (χ4v) is 2.19. The Bertz CT molecular complexity index is 596. The highest BCUT2D eigenvalue weighted by Gasteiger charge is 2.17. The van der Waals surface area contributed by atoms with Crippen molar-refractivity contribution in [2.75, 3.05) is 0 Å². The lowest BCUT2D eigenvalue weighted by Crippen LogP contribution is -2.11. The standard InChI is InChI=1S/C15H18F2N2O/c1-3-12-9-14(19(4-2)18-12)15(20)8-10-7-11(16)5-6-13(10)17/h5-7,9,15,20H,3-4,8H2,1-2H3. The van der Waals surface area contributed by atoms with Crippen LogP contribution in [0, 0.1) is 11.6 Å². The zero-order chi connectivity index (χ0) is 14.7. The minimum absolute atomic E-state index is 0.0262. The van der Waals surface area contributed by atoms with Crippen LogP contribution >= 0.6 is 0 Å². The first kappa shape index (κ1) is 14.7. The molecule has 2 rings (SSSR count). The first-order chi connectivity index (χ1) is 9.55. The van der Waals surface area contributed by atoms with Gasteiger partial charge in [0.1, 0.15) is 11.6 Å². The minimum atomic E-state index is -0.904. The van der Waals surface area contributed by atoms with Crippen molar-refractivity contribution in [3.05, 3.63) is 52.9 Å². The van der Waals surface area contributed by atoms with Crippen LogP contribution in [0.25, 0.3) is 0 Å². The highest BCUT2D eigenvalue weighted by atomic mass is 19.1. The van der Waals surface area contributed by atoms with Crippen LogP contribution in [0.5, 0.6) is 0 Å². The Morgan fingerprint density at radius 2 is 2.00 bits per heavy atom. The lowest BCUT2D eigenvalue weighted by atomic mass is 10.0. The van der Waals surface area contributed by atoms with Crippen LogP contribution < -0.4 is 0 Å². The highest BCUT2D eigenvalue weighted by molar-refractivity contribution is 5.22. The van der Waals surface area contributed by atoms with E-state index >= 15 is 0 Å². The molecule has 0 saturated heterocycles. The number of aryl methyl sites for hydroxylation is 2. The number of hydrogen-bond donors (Lipinski definition) is 1. The van der Waals surface area contributed by atoms with Crippen molar-refractivity contribution in [2.24, 2.45) is 0 Å². The Balaban J connectivity index is 2.25. The van der Waals surface area contributed by atoms with Crippen molar-refractivity contribution in [2.45, 2.75) is 39.3 Å². The summed E-state index contributed by atoms with van der Waals surface area (Å²) in [5, 5.41) is 14.6. The Labute approximate surface area is 116 Å². The average molecular weight is 280 g/mol. The van der Waals surface area contributed by atoms with E-state index in [0.717, 1.165) is 30.3 Å². The smallest absolute Gasteiger partial charge is 0.126 e. The third kappa shape index (κ3) is 3.04. The maximum atomic E-state index is 13.6. The van der Waals surface area contributed by atoms with Crippen molar-refractivity contribution in [3.63, 3.8) is 0 Å². The van der Waals surface area contributed by atoms with E-state index in [4.69, 9.17) is 0 Å². The molecule has 0 radical (unpaired) electrons. The monoisotopic (exact) mass is 280 g/mol. The van der Waals surface area contributed by atoms with Gasteiger partial charge in [0.15, 0.2) is 0 Å². The lowest BCUT2D eigenvalue weighted by Gasteiger charge is -2.13. The Kier molecular flexibility index (Phi) is 4.49. The molecular formula is C15H18F2N2O. The molecule has 20 heavy (non-hydrogen) atoms. The normalized spacial score (nSPS) is 12.7. The van der Waals surface area contributed by atoms with Crippen molar-refractivity contribution in [1.29, 1.82) is 0 Å². The number of rotatable bonds is 5. The van der Waals surface area contributed by atoms with Crippen LogP contribution in [0.15, 0.2) is 24.3 Å². The molecule has 0 aliphatic heterocycles. The number of benzene rings is 1. The third-order valence-corrected chi connectivity index (χ3v) is 3.29. The quantitative estimate of drug-likeness (QED) is 0.914. The van der Waals surface area contributed by atoms with E-state index in [-0.39, 0.29) is 12.0 Å². The number of aliphatic hydroxyl groups is 1. The molecule has 1 aromatic heterocycles. The first-order valence-corrected chi connectivity index (χ1v) is 6.73. The summed E-state index contributed by atoms with van der Waals surface area (Å²) in [7, 11) is 0. The van der Waals surface area contributed by atoms with Crippen LogP contribution in [-0.2, 0) is 19.4 Å². The Morgan fingerprint density at radius 1 is 1.25 bits per heavy atom. The van der Waals surface area contributed by atoms with E-state index in [1.54, 1.807) is 4.68 Å². The topological polar surface area (TPSA) is 38.0 Å². The van der Waals surface area contributed by atoms with E-state index in [2.05, 4.69) is 5.10 Å². The fraction of sp³-hybridized carbons (Fsp3) is 0.400. The SMILES string of the molecule is CCc1cc(C(O)Cc2cc(F)ccc2F)n(CC)n1. The number of halogens is 2. The molecule has 0 fully saturated rings. The second kappa shape index (κ2) is 6.13. The van der Waals surface area contributed by atoms with Gasteiger partial charge in [-0.3, -0.25) is 4.68 Å². The first-order valence-electron chi connectivity index (χ1n) is 6.73. The van der Waals surface area contributed by atoms with Crippen LogP contribution in [0.2, 0.25) is 0 Å². The Morgan fingerprint density at radius 3 is 2.65 bits per heavy atom. The van der Waals surface area contributed by atoms with Crippen molar-refractivity contribution in [1.82, 2.24) is 9.78 Å². The maximum absolute atomic E-state index is 13.6. The summed E-state index contributed by atoms with van der Waals surface area (Å²) >= 11 is 0. The molecule has 1 atom stereocenters. The molecule has 0 spiro atoms. The Hall–Kier alpha value is -1.75. The molecule has 1 unspecified atom stereocenters. The molecule has 2 aromatic rings. The molecule has 0 saturated carbocycles. The summed E-state index contributed by atoms with van der Waals surface area (Å²) in [6, 6.07) is 5.07. The second-order valence-corrected chi connectivity index (χ2v) is 4.69. The van der Waals surface area contributed by atoms with Crippen molar-refractivity contribution >= 4 is 0 Å². The van der Waals surface area contributed by atoms with Crippen LogP contribution in [-0.4, -0.2) is 14.9 Å². The molecule has 5 heteroatoms. The molecule has 108 valence electrons. The number of aliphatic hydroxyl groups excluding tert-OH is 1. The van der Waals surface area contributed by atoms with Crippen molar-refractivity contribution < 1.29 is 13.9 Å². The molecule has 0 aliphatic carbocycles. The predicted octanol–water partition coefficient (Wildman–Crippen LogP) is 3.02. The second-order valence-electron chi connectivity index (χ2n) is 4.69. The summed E-state index contributed by atoms with van der Waals surface area (Å²) in [6.07, 6.45) is -0.112. The van der Waals surface area contributed by atoms with Gasteiger partial charge in [0.25, 0.3) is 0 Å². The van der Waals surface area contributed by atoms with E-state index in [1.807, 2.05) is 19.9 Å². The van der Waals surface area contributed by atoms with Gasteiger partial charge in [-0.1, -0.05) is 6.92 Å². The summed E-state index contributed by atoms with van der Waals surface area (Å²) in [6.45, 7) is 4.52. The summed E-state index contributed by atoms with van der Waals surface area (Å²) in [5.74, 6) is -1.02. The van der Waals surface area contributed by atoms with Gasteiger partial charge in [0.2, 0.25) is 0 Å². The van der Waals surface area contributed by atoms with Gasteiger partial charge in [-0.25, -0.2) is 8.78 Å². The largest absolute Gasteiger partial charge is 0.386 e. The van der Waals surface area contributed by atoms with E-state index < -0.39 is 17.7 Å². The highest BCUT2D eigenvalue weighted by Crippen LogP contribution is 2.22. The summed E-state index contributed by atoms with van der Waals surface area (Å²) in [4.78, 5) is 0. The van der Waals surface area contributed by atoms with Gasteiger partial charge in [0.05, 0.1) is 17.5 Å². The number of aromatic nitrogens is 2. The molecule has 0 bridgehead atoms. The lowest BCUT2D eigenvalue weighted by molar-refractivity contribution is 0.165. The fourth-order valence-electron chi connectivity index (χ4n) is 2.19. The molecule has 0 amide bonds. The zero-order valence-corrected chi connectivity index (χ0v) is 11.6. The number of hydrogen-bond acceptors (Lipinski definition) is 2. The van der Waals surface area contributed by atoms with Gasteiger partial charge < -0.3 is 5.11 Å². The average Bonchev–Trinajstić information content (AvgIpc) is 2.86. The van der Waals surface area contributed by atoms with Gasteiger partial charge in [-0.05, 0) is 43.2 Å². The molecule has 0 aliphatic rings. The molecular weight excluding hydrogens is 262 g/mol. The molecule has 1 heterocycles. The summed E-state index contributed by atoms with van der Waals surface area (Å²) < 4.78 is 28.4. The van der Waals surface area contributed by atoms with Gasteiger partial charge in [-0.15, -0.1) is 0 Å². The molecule has 1 N–H and O–H groups in total. The van der Waals surface area contributed by atoms with Gasteiger partial charge in [-0.2, -0.15) is 5.10 Å². The van der Waals surface area contributed by atoms with Crippen LogP contribution in [0.4, 0.5) is 8.78 Å². The number of nitrogens with zero attached hydrogens (tertiary/aromatic N) is 2. The van der Waals surface area contributed by atoms with Crippen LogP contribution in [0.1, 0.15) is 36.9 Å². The van der Waals surface area contributed by atoms with Crippen molar-refractivity contribution in [3.8, 4) is 0 Å². The van der Waals surface area contributed by atoms with E-state index in [0.29, 0.717) is 12.2 Å².